The molecule has 0 bridgehead atoms. The molecule has 0 heterocycles. The summed E-state index contributed by atoms with van der Waals surface area (Å²) >= 11 is 0. The Labute approximate surface area is 103 Å². The number of hydrogen-bond donors (Lipinski definition) is 2. The maximum absolute atomic E-state index is 11.1. The van der Waals surface area contributed by atoms with Crippen LogP contribution in [0.2, 0.25) is 0 Å². The second-order valence-corrected chi connectivity index (χ2v) is 4.66. The van der Waals surface area contributed by atoms with E-state index < -0.39 is 0 Å². The lowest BCUT2D eigenvalue weighted by Crippen LogP contribution is -2.46. The van der Waals surface area contributed by atoms with Crippen LogP contribution >= 0.6 is 0 Å². The molecular formula is C13H24N2O2. The van der Waals surface area contributed by atoms with Crippen LogP contribution in [0.15, 0.2) is 12.2 Å². The third-order valence-electron chi connectivity index (χ3n) is 3.38. The van der Waals surface area contributed by atoms with E-state index in [-0.39, 0.29) is 18.1 Å². The maximum Gasteiger partial charge on any atom is 0.330 e. The molecule has 0 aromatic rings. The van der Waals surface area contributed by atoms with Crippen LogP contribution in [0.4, 0.5) is 0 Å². The summed E-state index contributed by atoms with van der Waals surface area (Å²) < 4.78 is 4.80. The average Bonchev–Trinajstić information content (AvgIpc) is 2.36. The summed E-state index contributed by atoms with van der Waals surface area (Å²) in [6.07, 6.45) is 9.15. The van der Waals surface area contributed by atoms with Gasteiger partial charge in [0.25, 0.3) is 0 Å². The summed E-state index contributed by atoms with van der Waals surface area (Å²) in [5, 5.41) is 0. The molecule has 1 aliphatic rings. The number of ether oxygens (including phenoxy) is 1. The molecule has 2 atom stereocenters. The molecule has 17 heavy (non-hydrogen) atoms. The third-order valence-corrected chi connectivity index (χ3v) is 3.38. The first-order valence-electron chi connectivity index (χ1n) is 6.51. The second-order valence-electron chi connectivity index (χ2n) is 4.66. The lowest BCUT2D eigenvalue weighted by Gasteiger charge is -2.30. The van der Waals surface area contributed by atoms with Gasteiger partial charge in [0.05, 0.1) is 6.61 Å². The van der Waals surface area contributed by atoms with Crippen LogP contribution in [-0.4, -0.2) is 24.7 Å². The molecule has 0 amide bonds. The van der Waals surface area contributed by atoms with Gasteiger partial charge >= 0.3 is 5.97 Å². The van der Waals surface area contributed by atoms with Gasteiger partial charge in [0.15, 0.2) is 0 Å². The second kappa shape index (κ2) is 7.45. The van der Waals surface area contributed by atoms with Crippen LogP contribution in [0.1, 0.15) is 39.0 Å². The smallest absolute Gasteiger partial charge is 0.330 e. The summed E-state index contributed by atoms with van der Waals surface area (Å²) in [6, 6.07) is -0.316. The summed E-state index contributed by atoms with van der Waals surface area (Å²) in [7, 11) is 0. The van der Waals surface area contributed by atoms with Crippen molar-refractivity contribution in [2.45, 2.75) is 51.1 Å². The lowest BCUT2D eigenvalue weighted by atomic mass is 9.81. The molecule has 0 aromatic heterocycles. The van der Waals surface area contributed by atoms with E-state index in [1.54, 1.807) is 13.0 Å². The predicted octanol–water partition coefficient (Wildman–Crippen LogP) is 1.34. The van der Waals surface area contributed by atoms with Gasteiger partial charge in [0.1, 0.15) is 0 Å². The van der Waals surface area contributed by atoms with E-state index >= 15 is 0 Å². The van der Waals surface area contributed by atoms with Crippen LogP contribution in [0.5, 0.6) is 0 Å². The van der Waals surface area contributed by atoms with E-state index in [1.165, 1.54) is 25.3 Å². The van der Waals surface area contributed by atoms with E-state index in [4.69, 9.17) is 16.2 Å². The van der Waals surface area contributed by atoms with E-state index in [0.717, 1.165) is 12.8 Å². The van der Waals surface area contributed by atoms with Gasteiger partial charge in [-0.05, 0) is 25.7 Å². The summed E-state index contributed by atoms with van der Waals surface area (Å²) in [5.74, 6) is 0.143. The van der Waals surface area contributed by atoms with Crippen molar-refractivity contribution in [3.8, 4) is 0 Å². The van der Waals surface area contributed by atoms with Crippen molar-refractivity contribution in [2.75, 3.05) is 6.61 Å². The normalized spacial score (nSPS) is 21.4. The predicted molar refractivity (Wildman–Crippen MR) is 68.3 cm³/mol. The van der Waals surface area contributed by atoms with Crippen LogP contribution in [0, 0.1) is 5.92 Å². The molecule has 1 aliphatic carbocycles. The van der Waals surface area contributed by atoms with E-state index in [2.05, 4.69) is 0 Å². The van der Waals surface area contributed by atoms with Gasteiger partial charge in [-0.25, -0.2) is 4.79 Å². The average molecular weight is 240 g/mol. The monoisotopic (exact) mass is 240 g/mol. The molecule has 1 rings (SSSR count). The zero-order chi connectivity index (χ0) is 12.7. The van der Waals surface area contributed by atoms with Crippen molar-refractivity contribution in [1.29, 1.82) is 0 Å². The fraction of sp³-hybridized carbons (Fsp3) is 0.769. The topological polar surface area (TPSA) is 78.3 Å². The number of esters is 1. The highest BCUT2D eigenvalue weighted by Gasteiger charge is 2.24. The van der Waals surface area contributed by atoms with Crippen molar-refractivity contribution in [3.05, 3.63) is 12.2 Å². The Kier molecular flexibility index (Phi) is 6.22. The third kappa shape index (κ3) is 4.88. The number of carbonyl (C=O) groups excluding carboxylic acids is 1. The van der Waals surface area contributed by atoms with Crippen LogP contribution in [-0.2, 0) is 9.53 Å². The quantitative estimate of drug-likeness (QED) is 0.561. The molecule has 1 saturated carbocycles. The number of rotatable bonds is 5. The first kappa shape index (κ1) is 14.2. The minimum absolute atomic E-state index is 0.0547. The molecule has 0 saturated heterocycles. The molecule has 4 nitrogen and oxygen atoms in total. The maximum atomic E-state index is 11.1. The van der Waals surface area contributed by atoms with Gasteiger partial charge in [-0.15, -0.1) is 0 Å². The molecule has 0 unspecified atom stereocenters. The highest BCUT2D eigenvalue weighted by atomic mass is 16.5. The zero-order valence-corrected chi connectivity index (χ0v) is 10.6. The first-order chi connectivity index (χ1) is 8.15. The first-order valence-corrected chi connectivity index (χ1v) is 6.51. The molecule has 4 N–H and O–H groups in total. The molecule has 0 aromatic carbocycles. The number of nitrogens with two attached hydrogens (primary N) is 2. The van der Waals surface area contributed by atoms with Crippen molar-refractivity contribution in [1.82, 2.24) is 0 Å². The minimum atomic E-state index is -0.348. The van der Waals surface area contributed by atoms with Crippen LogP contribution in [0.3, 0.4) is 0 Å². The number of carbonyl (C=O) groups is 1. The Morgan fingerprint density at radius 3 is 2.59 bits per heavy atom. The van der Waals surface area contributed by atoms with Crippen LogP contribution < -0.4 is 11.5 Å². The van der Waals surface area contributed by atoms with E-state index in [1.807, 2.05) is 0 Å². The molecule has 0 radical (unpaired) electrons. The molecule has 98 valence electrons. The van der Waals surface area contributed by atoms with Crippen molar-refractivity contribution in [3.63, 3.8) is 0 Å². The Morgan fingerprint density at radius 1 is 1.35 bits per heavy atom. The molecule has 1 fully saturated rings. The van der Waals surface area contributed by atoms with Gasteiger partial charge in [-0.1, -0.05) is 25.3 Å². The van der Waals surface area contributed by atoms with Gasteiger partial charge in [0.2, 0.25) is 0 Å². The standard InChI is InChI=1S/C13H24N2O2/c1-2-17-12(16)9-8-11(14)13(15)10-6-4-3-5-7-10/h8-11,13H,2-7,14-15H2,1H3/b9-8+/t11-,13-/m0/s1. The van der Waals surface area contributed by atoms with E-state index in [9.17, 15) is 4.79 Å². The van der Waals surface area contributed by atoms with Crippen LogP contribution in [0.25, 0.3) is 0 Å². The molecular weight excluding hydrogens is 216 g/mol. The lowest BCUT2D eigenvalue weighted by molar-refractivity contribution is -0.137. The minimum Gasteiger partial charge on any atom is -0.463 e. The SMILES string of the molecule is CCOC(=O)/C=C/[C@H](N)[C@@H](N)C1CCCCC1. The fourth-order valence-corrected chi connectivity index (χ4v) is 2.34. The highest BCUT2D eigenvalue weighted by Crippen LogP contribution is 2.26. The largest absolute Gasteiger partial charge is 0.463 e. The Hall–Kier alpha value is -0.870. The van der Waals surface area contributed by atoms with Crippen molar-refractivity contribution < 1.29 is 9.53 Å². The van der Waals surface area contributed by atoms with Gasteiger partial charge in [-0.2, -0.15) is 0 Å². The molecule has 0 aliphatic heterocycles. The zero-order valence-electron chi connectivity index (χ0n) is 10.6. The van der Waals surface area contributed by atoms with Crippen molar-refractivity contribution in [2.24, 2.45) is 17.4 Å². The van der Waals surface area contributed by atoms with Crippen molar-refractivity contribution >= 4 is 5.97 Å². The summed E-state index contributed by atoms with van der Waals surface area (Å²) in [4.78, 5) is 11.1. The fourth-order valence-electron chi connectivity index (χ4n) is 2.34. The highest BCUT2D eigenvalue weighted by molar-refractivity contribution is 5.81. The van der Waals surface area contributed by atoms with Gasteiger partial charge in [0, 0.05) is 18.2 Å². The Bertz CT molecular complexity index is 260. The molecule has 4 heteroatoms. The number of hydrogen-bond acceptors (Lipinski definition) is 4. The Balaban J connectivity index is 2.39. The molecule has 0 spiro atoms. The summed E-state index contributed by atoms with van der Waals surface area (Å²) in [5.41, 5.74) is 12.1. The Morgan fingerprint density at radius 2 is 2.00 bits per heavy atom. The van der Waals surface area contributed by atoms with Gasteiger partial charge < -0.3 is 16.2 Å². The summed E-state index contributed by atoms with van der Waals surface area (Å²) in [6.45, 7) is 2.16. The van der Waals surface area contributed by atoms with Gasteiger partial charge in [-0.3, -0.25) is 0 Å². The van der Waals surface area contributed by atoms with E-state index in [0.29, 0.717) is 12.5 Å².